The van der Waals surface area contributed by atoms with Crippen molar-refractivity contribution in [3.05, 3.63) is 54.6 Å². The van der Waals surface area contributed by atoms with Crippen molar-refractivity contribution in [2.24, 2.45) is 10.2 Å². The molecule has 3 rings (SSSR count). The fourth-order valence-electron chi connectivity index (χ4n) is 2.67. The Morgan fingerprint density at radius 2 is 1.19 bits per heavy atom. The van der Waals surface area contributed by atoms with Crippen LogP contribution in [-0.2, 0) is 0 Å². The van der Waals surface area contributed by atoms with Crippen LogP contribution in [0.25, 0.3) is 0 Å². The van der Waals surface area contributed by atoms with E-state index in [1.54, 1.807) is 0 Å². The Labute approximate surface area is 126 Å². The number of hydrogen-bond donors (Lipinski definition) is 0. The first kappa shape index (κ1) is 13.8. The van der Waals surface area contributed by atoms with Crippen LogP contribution in [0.15, 0.2) is 64.8 Å². The fraction of sp³-hybridized carbons (Fsp3) is 0.333. The summed E-state index contributed by atoms with van der Waals surface area (Å²) in [6, 6.07) is 18.2. The predicted molar refractivity (Wildman–Crippen MR) is 87.7 cm³/mol. The van der Waals surface area contributed by atoms with Gasteiger partial charge in [-0.25, -0.2) is 0 Å². The van der Waals surface area contributed by atoms with Gasteiger partial charge in [-0.15, -0.1) is 0 Å². The highest BCUT2D eigenvalue weighted by atomic mass is 15.1. The molecule has 3 heteroatoms. The zero-order chi connectivity index (χ0) is 14.3. The molecule has 0 aromatic heterocycles. The SMILES string of the molecule is c1ccc(N=Nc2ccc(N3CCCCCC3)cc2)cc1. The van der Waals surface area contributed by atoms with Gasteiger partial charge in [0.05, 0.1) is 11.4 Å². The molecule has 1 saturated heterocycles. The molecule has 0 spiro atoms. The first-order valence-corrected chi connectivity index (χ1v) is 7.74. The lowest BCUT2D eigenvalue weighted by Gasteiger charge is -2.22. The van der Waals surface area contributed by atoms with E-state index in [-0.39, 0.29) is 0 Å². The molecule has 0 radical (unpaired) electrons. The first-order valence-electron chi connectivity index (χ1n) is 7.74. The minimum Gasteiger partial charge on any atom is -0.372 e. The van der Waals surface area contributed by atoms with Crippen LogP contribution in [0, 0.1) is 0 Å². The van der Waals surface area contributed by atoms with E-state index in [9.17, 15) is 0 Å². The summed E-state index contributed by atoms with van der Waals surface area (Å²) in [5, 5.41) is 8.53. The molecule has 0 bridgehead atoms. The summed E-state index contributed by atoms with van der Waals surface area (Å²) in [7, 11) is 0. The molecule has 0 unspecified atom stereocenters. The van der Waals surface area contributed by atoms with Gasteiger partial charge in [0.2, 0.25) is 0 Å². The van der Waals surface area contributed by atoms with E-state index in [1.165, 1.54) is 44.5 Å². The maximum Gasteiger partial charge on any atom is 0.0858 e. The van der Waals surface area contributed by atoms with E-state index >= 15 is 0 Å². The number of nitrogens with zero attached hydrogens (tertiary/aromatic N) is 3. The predicted octanol–water partition coefficient (Wildman–Crippen LogP) is 5.48. The fourth-order valence-corrected chi connectivity index (χ4v) is 2.67. The molecule has 0 aliphatic carbocycles. The van der Waals surface area contributed by atoms with Crippen LogP contribution in [0.3, 0.4) is 0 Å². The van der Waals surface area contributed by atoms with E-state index in [2.05, 4.69) is 27.3 Å². The Morgan fingerprint density at radius 1 is 0.619 bits per heavy atom. The van der Waals surface area contributed by atoms with E-state index in [4.69, 9.17) is 0 Å². The highest BCUT2D eigenvalue weighted by Crippen LogP contribution is 2.24. The smallest absolute Gasteiger partial charge is 0.0858 e. The third-order valence-electron chi connectivity index (χ3n) is 3.86. The Balaban J connectivity index is 1.67. The maximum absolute atomic E-state index is 4.29. The van der Waals surface area contributed by atoms with Gasteiger partial charge in [0.15, 0.2) is 0 Å². The van der Waals surface area contributed by atoms with E-state index in [1.807, 2.05) is 42.5 Å². The average molecular weight is 279 g/mol. The number of benzene rings is 2. The summed E-state index contributed by atoms with van der Waals surface area (Å²) in [5.41, 5.74) is 3.09. The molecule has 0 saturated carbocycles. The number of anilines is 1. The van der Waals surface area contributed by atoms with E-state index in [0.717, 1.165) is 11.4 Å². The van der Waals surface area contributed by atoms with Gasteiger partial charge in [-0.1, -0.05) is 31.0 Å². The second-order valence-electron chi connectivity index (χ2n) is 5.45. The van der Waals surface area contributed by atoms with Crippen LogP contribution in [0.1, 0.15) is 25.7 Å². The molecule has 1 heterocycles. The number of hydrogen-bond acceptors (Lipinski definition) is 3. The van der Waals surface area contributed by atoms with E-state index in [0.29, 0.717) is 0 Å². The van der Waals surface area contributed by atoms with Gasteiger partial charge in [0.1, 0.15) is 0 Å². The summed E-state index contributed by atoms with van der Waals surface area (Å²) in [6.45, 7) is 2.34. The van der Waals surface area contributed by atoms with Crippen molar-refractivity contribution in [3.63, 3.8) is 0 Å². The van der Waals surface area contributed by atoms with Crippen LogP contribution < -0.4 is 4.90 Å². The molecule has 1 aliphatic heterocycles. The van der Waals surface area contributed by atoms with Crippen molar-refractivity contribution in [2.45, 2.75) is 25.7 Å². The van der Waals surface area contributed by atoms with Gasteiger partial charge in [-0.05, 0) is 49.2 Å². The second-order valence-corrected chi connectivity index (χ2v) is 5.45. The standard InChI is InChI=1S/C18H21N3/c1-2-7-15-21(14-6-1)18-12-10-17(11-13-18)20-19-16-8-4-3-5-9-16/h3-5,8-13H,1-2,6-7,14-15H2. The molecule has 2 aromatic carbocycles. The average Bonchev–Trinajstić information content (AvgIpc) is 2.84. The first-order chi connectivity index (χ1) is 10.4. The maximum atomic E-state index is 4.29. The Kier molecular flexibility index (Phi) is 4.62. The van der Waals surface area contributed by atoms with Crippen molar-refractivity contribution in [2.75, 3.05) is 18.0 Å². The molecule has 3 nitrogen and oxygen atoms in total. The monoisotopic (exact) mass is 279 g/mol. The molecule has 1 aliphatic rings. The van der Waals surface area contributed by atoms with Gasteiger partial charge in [-0.3, -0.25) is 0 Å². The van der Waals surface area contributed by atoms with Gasteiger partial charge in [0.25, 0.3) is 0 Å². The van der Waals surface area contributed by atoms with Gasteiger partial charge >= 0.3 is 0 Å². The zero-order valence-corrected chi connectivity index (χ0v) is 12.3. The molecule has 0 amide bonds. The highest BCUT2D eigenvalue weighted by Gasteiger charge is 2.09. The molecule has 108 valence electrons. The number of azo groups is 1. The topological polar surface area (TPSA) is 28.0 Å². The minimum atomic E-state index is 0.883. The van der Waals surface area contributed by atoms with Gasteiger partial charge in [0, 0.05) is 18.8 Å². The molecule has 0 atom stereocenters. The molecule has 0 N–H and O–H groups in total. The molecule has 21 heavy (non-hydrogen) atoms. The largest absolute Gasteiger partial charge is 0.372 e. The lowest BCUT2D eigenvalue weighted by molar-refractivity contribution is 0.726. The van der Waals surface area contributed by atoms with E-state index < -0.39 is 0 Å². The molecular weight excluding hydrogens is 258 g/mol. The molecule has 2 aromatic rings. The van der Waals surface area contributed by atoms with Crippen molar-refractivity contribution in [3.8, 4) is 0 Å². The molecule has 1 fully saturated rings. The third-order valence-corrected chi connectivity index (χ3v) is 3.86. The summed E-state index contributed by atoms with van der Waals surface area (Å²) in [4.78, 5) is 2.48. The number of rotatable bonds is 3. The van der Waals surface area contributed by atoms with Crippen LogP contribution in [0.4, 0.5) is 17.1 Å². The quantitative estimate of drug-likeness (QED) is 0.683. The Morgan fingerprint density at radius 3 is 1.81 bits per heavy atom. The second kappa shape index (κ2) is 7.02. The summed E-state index contributed by atoms with van der Waals surface area (Å²) in [5.74, 6) is 0. The van der Waals surface area contributed by atoms with Crippen molar-refractivity contribution >= 4 is 17.1 Å². The Hall–Kier alpha value is -2.16. The van der Waals surface area contributed by atoms with Crippen LogP contribution in [-0.4, -0.2) is 13.1 Å². The van der Waals surface area contributed by atoms with Crippen molar-refractivity contribution in [1.82, 2.24) is 0 Å². The Bertz CT molecular complexity index is 567. The van der Waals surface area contributed by atoms with Crippen molar-refractivity contribution < 1.29 is 0 Å². The zero-order valence-electron chi connectivity index (χ0n) is 12.3. The van der Waals surface area contributed by atoms with Crippen LogP contribution in [0.2, 0.25) is 0 Å². The lowest BCUT2D eigenvalue weighted by Crippen LogP contribution is -2.23. The summed E-state index contributed by atoms with van der Waals surface area (Å²) >= 11 is 0. The molecular formula is C18H21N3. The summed E-state index contributed by atoms with van der Waals surface area (Å²) < 4.78 is 0. The van der Waals surface area contributed by atoms with Crippen molar-refractivity contribution in [1.29, 1.82) is 0 Å². The van der Waals surface area contributed by atoms with Crippen LogP contribution >= 0.6 is 0 Å². The van der Waals surface area contributed by atoms with Gasteiger partial charge in [-0.2, -0.15) is 10.2 Å². The van der Waals surface area contributed by atoms with Gasteiger partial charge < -0.3 is 4.90 Å². The van der Waals surface area contributed by atoms with Crippen LogP contribution in [0.5, 0.6) is 0 Å². The normalized spacial score (nSPS) is 16.1. The summed E-state index contributed by atoms with van der Waals surface area (Å²) in [6.07, 6.45) is 5.32. The minimum absolute atomic E-state index is 0.883. The highest BCUT2D eigenvalue weighted by molar-refractivity contribution is 5.53. The lowest BCUT2D eigenvalue weighted by atomic mass is 10.2. The third kappa shape index (κ3) is 3.91.